The summed E-state index contributed by atoms with van der Waals surface area (Å²) < 4.78 is 23.3. The van der Waals surface area contributed by atoms with E-state index in [2.05, 4.69) is 67.8 Å². The molecule has 0 radical (unpaired) electrons. The molecule has 2 N–H and O–H groups in total. The third-order valence-corrected chi connectivity index (χ3v) is 14.4. The molecule has 0 spiro atoms. The highest BCUT2D eigenvalue weighted by molar-refractivity contribution is 7.45. The van der Waals surface area contributed by atoms with Crippen LogP contribution in [0, 0.1) is 0 Å². The molecule has 0 bridgehead atoms. The SMILES string of the molecule is CC/C=C\C/C=C\C/C=C\CCCCCCCCCC(=O)NC(COP(=O)([O-])OCC[N+](C)(C)C)C(O)/C=C/CC/C=C/CCCCCCCCCCCCCCCCCCCCCCCCCCCC. The van der Waals surface area contributed by atoms with Gasteiger partial charge in [0.05, 0.1) is 39.9 Å². The summed E-state index contributed by atoms with van der Waals surface area (Å²) in [5, 5.41) is 13.9. The predicted octanol–water partition coefficient (Wildman–Crippen LogP) is 17.9. The van der Waals surface area contributed by atoms with E-state index < -0.39 is 26.6 Å². The maximum absolute atomic E-state index is 12.9. The van der Waals surface area contributed by atoms with Crippen molar-refractivity contribution in [2.75, 3.05) is 40.9 Å². The first-order valence-corrected chi connectivity index (χ1v) is 31.6. The Morgan fingerprint density at radius 2 is 0.873 bits per heavy atom. The second-order valence-corrected chi connectivity index (χ2v) is 23.1. The third kappa shape index (κ3) is 55.8. The minimum atomic E-state index is -4.61. The second-order valence-electron chi connectivity index (χ2n) is 21.7. The van der Waals surface area contributed by atoms with Crippen LogP contribution in [-0.4, -0.2) is 68.5 Å². The highest BCUT2D eigenvalue weighted by atomic mass is 31.2. The number of carbonyl (C=O) groups excluding carboxylic acids is 1. The van der Waals surface area contributed by atoms with Crippen LogP contribution in [0.3, 0.4) is 0 Å². The van der Waals surface area contributed by atoms with Crippen LogP contribution in [-0.2, 0) is 18.4 Å². The molecule has 0 rings (SSSR count). The number of likely N-dealkylation sites (N-methyl/N-ethyl adjacent to an activating group) is 1. The molecule has 0 aliphatic heterocycles. The second kappa shape index (κ2) is 53.0. The van der Waals surface area contributed by atoms with Crippen LogP contribution in [0.25, 0.3) is 0 Å². The zero-order valence-electron chi connectivity index (χ0n) is 47.4. The number of allylic oxidation sites excluding steroid dienone is 9. The van der Waals surface area contributed by atoms with Crippen LogP contribution < -0.4 is 10.2 Å². The first-order valence-electron chi connectivity index (χ1n) is 30.2. The average molecular weight is 1020 g/mol. The van der Waals surface area contributed by atoms with Crippen LogP contribution >= 0.6 is 7.82 Å². The number of amides is 1. The first-order chi connectivity index (χ1) is 34.5. The molecular weight excluding hydrogens is 900 g/mol. The maximum Gasteiger partial charge on any atom is 0.268 e. The van der Waals surface area contributed by atoms with Crippen LogP contribution in [0.4, 0.5) is 0 Å². The molecule has 0 fully saturated rings. The van der Waals surface area contributed by atoms with E-state index in [1.54, 1.807) is 6.08 Å². The number of nitrogens with one attached hydrogen (secondary N) is 1. The molecule has 9 heteroatoms. The van der Waals surface area contributed by atoms with Crippen molar-refractivity contribution in [1.29, 1.82) is 0 Å². The molecule has 8 nitrogen and oxygen atoms in total. The fourth-order valence-electron chi connectivity index (χ4n) is 8.77. The van der Waals surface area contributed by atoms with Crippen molar-refractivity contribution in [2.24, 2.45) is 0 Å². The van der Waals surface area contributed by atoms with Gasteiger partial charge in [0.15, 0.2) is 0 Å². The molecule has 1 amide bonds. The van der Waals surface area contributed by atoms with Crippen LogP contribution in [0.15, 0.2) is 60.8 Å². The number of rotatable bonds is 55. The van der Waals surface area contributed by atoms with E-state index in [0.717, 1.165) is 70.6 Å². The summed E-state index contributed by atoms with van der Waals surface area (Å²) in [5.74, 6) is -0.217. The van der Waals surface area contributed by atoms with E-state index >= 15 is 0 Å². The highest BCUT2D eigenvalue weighted by Gasteiger charge is 2.23. The van der Waals surface area contributed by atoms with Crippen LogP contribution in [0.2, 0.25) is 0 Å². The number of nitrogens with zero attached hydrogens (tertiary/aromatic N) is 1. The number of phosphoric acid groups is 1. The lowest BCUT2D eigenvalue weighted by molar-refractivity contribution is -0.870. The van der Waals surface area contributed by atoms with Crippen LogP contribution in [0.1, 0.15) is 277 Å². The fourth-order valence-corrected chi connectivity index (χ4v) is 9.50. The standard InChI is InChI=1S/C62H117N2O6P/c1-6-8-10-12-14-16-18-20-22-24-25-26-27-28-29-30-31-32-33-34-35-36-37-38-40-41-43-45-47-49-51-53-55-61(65)60(59-70-71(67,68)69-58-57-64(3,4)5)63-62(66)56-54-52-50-48-46-44-42-39-23-21-19-17-15-13-11-9-7-2/h9,11,15,17,21,23,45,47,53,55,60-61,65H,6-8,10,12-14,16,18-20,22,24-44,46,48-52,54,56-59H2,1-5H3,(H-,63,66,67,68)/b11-9-,17-15-,23-21-,47-45+,55-53+. The highest BCUT2D eigenvalue weighted by Crippen LogP contribution is 2.38. The van der Waals surface area contributed by atoms with Crippen molar-refractivity contribution in [2.45, 2.75) is 289 Å². The van der Waals surface area contributed by atoms with E-state index in [1.165, 1.54) is 186 Å². The summed E-state index contributed by atoms with van der Waals surface area (Å²) in [7, 11) is 1.24. The Morgan fingerprint density at radius 1 is 0.507 bits per heavy atom. The van der Waals surface area contributed by atoms with Crippen molar-refractivity contribution in [3.63, 3.8) is 0 Å². The van der Waals surface area contributed by atoms with E-state index in [1.807, 2.05) is 27.2 Å². The van der Waals surface area contributed by atoms with Gasteiger partial charge in [0.1, 0.15) is 13.2 Å². The largest absolute Gasteiger partial charge is 0.756 e. The normalized spacial score (nSPS) is 14.3. The van der Waals surface area contributed by atoms with Gasteiger partial charge in [-0.25, -0.2) is 0 Å². The fraction of sp³-hybridized carbons (Fsp3) is 0.823. The number of aliphatic hydroxyl groups is 1. The zero-order valence-corrected chi connectivity index (χ0v) is 48.3. The summed E-state index contributed by atoms with van der Waals surface area (Å²) in [6, 6.07) is -0.912. The number of hydrogen-bond acceptors (Lipinski definition) is 6. The van der Waals surface area contributed by atoms with Crippen molar-refractivity contribution in [1.82, 2.24) is 5.32 Å². The van der Waals surface area contributed by atoms with E-state index in [4.69, 9.17) is 9.05 Å². The molecule has 0 aromatic heterocycles. The monoisotopic (exact) mass is 1020 g/mol. The lowest BCUT2D eigenvalue weighted by Crippen LogP contribution is -2.45. The number of quaternary nitrogens is 1. The molecule has 0 saturated heterocycles. The summed E-state index contributed by atoms with van der Waals surface area (Å²) in [5.41, 5.74) is 0. The van der Waals surface area contributed by atoms with E-state index in [9.17, 15) is 19.4 Å². The quantitative estimate of drug-likeness (QED) is 0.0272. The van der Waals surface area contributed by atoms with E-state index in [0.29, 0.717) is 17.4 Å². The number of carbonyl (C=O) groups is 1. The molecule has 0 heterocycles. The lowest BCUT2D eigenvalue weighted by Gasteiger charge is -2.29. The Hall–Kier alpha value is -1.80. The number of aliphatic hydroxyl groups excluding tert-OH is 1. The zero-order chi connectivity index (χ0) is 52.0. The van der Waals surface area contributed by atoms with Gasteiger partial charge in [-0.1, -0.05) is 267 Å². The molecule has 0 aliphatic carbocycles. The molecule has 0 aromatic rings. The maximum atomic E-state index is 12.9. The van der Waals surface area contributed by atoms with Gasteiger partial charge >= 0.3 is 0 Å². The Bertz CT molecular complexity index is 1340. The third-order valence-electron chi connectivity index (χ3n) is 13.5. The molecule has 0 aliphatic rings. The van der Waals surface area contributed by atoms with Gasteiger partial charge in [0, 0.05) is 6.42 Å². The molecule has 3 atom stereocenters. The number of hydrogen-bond donors (Lipinski definition) is 2. The summed E-state index contributed by atoms with van der Waals surface area (Å²) >= 11 is 0. The average Bonchev–Trinajstić information content (AvgIpc) is 3.33. The van der Waals surface area contributed by atoms with E-state index in [-0.39, 0.29) is 12.5 Å². The predicted molar refractivity (Wildman–Crippen MR) is 307 cm³/mol. The Balaban J connectivity index is 4.14. The topological polar surface area (TPSA) is 108 Å². The van der Waals surface area contributed by atoms with Gasteiger partial charge in [-0.05, 0) is 64.2 Å². The minimum absolute atomic E-state index is 0.0104. The summed E-state index contributed by atoms with van der Waals surface area (Å²) in [4.78, 5) is 25.5. The van der Waals surface area contributed by atoms with Crippen molar-refractivity contribution < 1.29 is 32.9 Å². The van der Waals surface area contributed by atoms with Gasteiger partial charge in [0.25, 0.3) is 7.82 Å². The van der Waals surface area contributed by atoms with Gasteiger partial charge in [-0.2, -0.15) is 0 Å². The molecule has 0 saturated carbocycles. The van der Waals surface area contributed by atoms with Crippen molar-refractivity contribution >= 4 is 13.7 Å². The smallest absolute Gasteiger partial charge is 0.268 e. The van der Waals surface area contributed by atoms with Gasteiger partial charge in [-0.15, -0.1) is 0 Å². The lowest BCUT2D eigenvalue weighted by atomic mass is 10.0. The van der Waals surface area contributed by atoms with Crippen LogP contribution in [0.5, 0.6) is 0 Å². The van der Waals surface area contributed by atoms with Gasteiger partial charge in [-0.3, -0.25) is 9.36 Å². The molecule has 71 heavy (non-hydrogen) atoms. The first kappa shape index (κ1) is 69.2. The Kier molecular flexibility index (Phi) is 51.7. The number of phosphoric ester groups is 1. The molecular formula is C62H117N2O6P. The Labute approximate surface area is 441 Å². The van der Waals surface area contributed by atoms with Crippen molar-refractivity contribution in [3.8, 4) is 0 Å². The van der Waals surface area contributed by atoms with Gasteiger partial charge in [0.2, 0.25) is 5.91 Å². The van der Waals surface area contributed by atoms with Crippen molar-refractivity contribution in [3.05, 3.63) is 60.8 Å². The Morgan fingerprint density at radius 3 is 1.31 bits per heavy atom. The summed E-state index contributed by atoms with van der Waals surface area (Å²) in [6.45, 7) is 4.53. The summed E-state index contributed by atoms with van der Waals surface area (Å²) in [6.07, 6.45) is 71.8. The molecule has 3 unspecified atom stereocenters. The molecule has 416 valence electrons. The number of unbranched alkanes of at least 4 members (excludes halogenated alkanes) is 34. The molecule has 0 aromatic carbocycles. The van der Waals surface area contributed by atoms with Gasteiger partial charge < -0.3 is 28.8 Å². The minimum Gasteiger partial charge on any atom is -0.756 e.